The van der Waals surface area contributed by atoms with Gasteiger partial charge < -0.3 is 9.80 Å². The average molecular weight is 348 g/mol. The first kappa shape index (κ1) is 18.5. The Morgan fingerprint density at radius 3 is 2.54 bits per heavy atom. The Balaban J connectivity index is 2.22. The third kappa shape index (κ3) is 4.17. The van der Waals surface area contributed by atoms with Gasteiger partial charge in [-0.05, 0) is 31.9 Å². The number of anilines is 1. The zero-order valence-electron chi connectivity index (χ0n) is 14.4. The lowest BCUT2D eigenvalue weighted by Crippen LogP contribution is -2.33. The van der Waals surface area contributed by atoms with Crippen molar-refractivity contribution in [3.05, 3.63) is 29.8 Å². The number of para-hydroxylation sites is 1. The monoisotopic (exact) mass is 348 g/mol. The minimum atomic E-state index is -0.0510. The quantitative estimate of drug-likeness (QED) is 0.793. The molecule has 0 aromatic heterocycles. The van der Waals surface area contributed by atoms with Gasteiger partial charge in [-0.15, -0.1) is 0 Å². The molecule has 1 aromatic carbocycles. The number of rotatable bonds is 6. The Hall–Kier alpha value is -1.82. The minimum Gasteiger partial charge on any atom is -0.339 e. The molecule has 24 heavy (non-hydrogen) atoms. The summed E-state index contributed by atoms with van der Waals surface area (Å²) in [5.41, 5.74) is 1.24. The van der Waals surface area contributed by atoms with Crippen LogP contribution in [0.1, 0.15) is 37.6 Å². The van der Waals surface area contributed by atoms with Crippen molar-refractivity contribution < 1.29 is 14.4 Å². The fourth-order valence-corrected chi connectivity index (χ4v) is 3.63. The van der Waals surface area contributed by atoms with E-state index in [1.807, 2.05) is 32.0 Å². The van der Waals surface area contributed by atoms with Crippen molar-refractivity contribution in [2.24, 2.45) is 5.92 Å². The van der Waals surface area contributed by atoms with Gasteiger partial charge in [0.1, 0.15) is 0 Å². The fourth-order valence-electron chi connectivity index (χ4n) is 2.93. The molecule has 0 spiro atoms. The molecular formula is C18H24N2O3S. The van der Waals surface area contributed by atoms with Gasteiger partial charge in [-0.2, -0.15) is 0 Å². The van der Waals surface area contributed by atoms with Crippen molar-refractivity contribution in [1.29, 1.82) is 0 Å². The average Bonchev–Trinajstić information content (AvgIpc) is 2.94. The van der Waals surface area contributed by atoms with E-state index in [2.05, 4.69) is 0 Å². The Morgan fingerprint density at radius 2 is 1.92 bits per heavy atom. The van der Waals surface area contributed by atoms with Crippen LogP contribution in [0.15, 0.2) is 24.3 Å². The molecule has 0 radical (unpaired) electrons. The maximum atomic E-state index is 12.7. The van der Waals surface area contributed by atoms with Gasteiger partial charge in [0, 0.05) is 38.7 Å². The number of hydrogen-bond acceptors (Lipinski definition) is 4. The van der Waals surface area contributed by atoms with E-state index in [0.29, 0.717) is 43.1 Å². The summed E-state index contributed by atoms with van der Waals surface area (Å²) < 4.78 is 0. The summed E-state index contributed by atoms with van der Waals surface area (Å²) in [6, 6.07) is 7.28. The van der Waals surface area contributed by atoms with E-state index in [4.69, 9.17) is 0 Å². The molecule has 1 aromatic rings. The van der Waals surface area contributed by atoms with Crippen molar-refractivity contribution >= 4 is 34.4 Å². The van der Waals surface area contributed by atoms with Crippen LogP contribution in [0.3, 0.4) is 0 Å². The van der Waals surface area contributed by atoms with Gasteiger partial charge in [0.25, 0.3) is 5.91 Å². The smallest absolute Gasteiger partial charge is 0.255 e. The predicted molar refractivity (Wildman–Crippen MR) is 97.3 cm³/mol. The van der Waals surface area contributed by atoms with Crippen molar-refractivity contribution in [3.63, 3.8) is 0 Å². The van der Waals surface area contributed by atoms with Crippen LogP contribution in [0.2, 0.25) is 0 Å². The Labute approximate surface area is 147 Å². The van der Waals surface area contributed by atoms with Gasteiger partial charge in [0.2, 0.25) is 5.91 Å². The molecule has 130 valence electrons. The molecule has 0 N–H and O–H groups in total. The molecule has 1 saturated heterocycles. The molecule has 5 nitrogen and oxygen atoms in total. The number of thioether (sulfide) groups is 1. The summed E-state index contributed by atoms with van der Waals surface area (Å²) in [5.74, 6) is 0.751. The third-order valence-electron chi connectivity index (χ3n) is 4.20. The number of hydrogen-bond donors (Lipinski definition) is 0. The normalized spacial score (nSPS) is 17.2. The summed E-state index contributed by atoms with van der Waals surface area (Å²) in [6.07, 6.45) is 0.425. The molecule has 1 aliphatic heterocycles. The molecule has 2 rings (SSSR count). The topological polar surface area (TPSA) is 57.7 Å². The molecule has 0 bridgehead atoms. The van der Waals surface area contributed by atoms with Crippen molar-refractivity contribution in [1.82, 2.24) is 4.90 Å². The summed E-state index contributed by atoms with van der Waals surface area (Å²) in [7, 11) is 0. The lowest BCUT2D eigenvalue weighted by molar-refractivity contribution is -0.117. The summed E-state index contributed by atoms with van der Waals surface area (Å²) in [5, 5.41) is 0.0676. The third-order valence-corrected chi connectivity index (χ3v) is 5.25. The van der Waals surface area contributed by atoms with Gasteiger partial charge in [0.05, 0.1) is 11.3 Å². The first-order valence-electron chi connectivity index (χ1n) is 8.29. The lowest BCUT2D eigenvalue weighted by atomic mass is 10.1. The molecule has 1 heterocycles. The van der Waals surface area contributed by atoms with Gasteiger partial charge in [-0.1, -0.05) is 23.9 Å². The Kier molecular flexibility index (Phi) is 6.43. The number of amides is 2. The maximum Gasteiger partial charge on any atom is 0.255 e. The molecule has 1 atom stereocenters. The number of carbonyl (C=O) groups is 3. The highest BCUT2D eigenvalue weighted by atomic mass is 32.2. The van der Waals surface area contributed by atoms with Crippen molar-refractivity contribution in [2.45, 2.75) is 27.2 Å². The molecule has 1 aliphatic rings. The van der Waals surface area contributed by atoms with E-state index in [9.17, 15) is 14.4 Å². The highest BCUT2D eigenvalue weighted by Gasteiger charge is 2.33. The summed E-state index contributed by atoms with van der Waals surface area (Å²) >= 11 is 1.26. The standard InChI is InChI=1S/C18H24N2O3S/c1-4-19(5-2)18(23)15-8-6-7-9-16(15)20-11-14(10-17(20)22)12-24-13(3)21/h6-9,14H,4-5,10-12H2,1-3H3. The maximum absolute atomic E-state index is 12.7. The van der Waals surface area contributed by atoms with E-state index >= 15 is 0 Å². The highest BCUT2D eigenvalue weighted by Crippen LogP contribution is 2.30. The first-order chi connectivity index (χ1) is 11.5. The Morgan fingerprint density at radius 1 is 1.25 bits per heavy atom. The highest BCUT2D eigenvalue weighted by molar-refractivity contribution is 8.13. The fraction of sp³-hybridized carbons (Fsp3) is 0.500. The molecule has 6 heteroatoms. The molecule has 0 saturated carbocycles. The predicted octanol–water partition coefficient (Wildman–Crippen LogP) is 2.80. The van der Waals surface area contributed by atoms with Crippen LogP contribution in [-0.4, -0.2) is 47.2 Å². The molecule has 1 unspecified atom stereocenters. The summed E-state index contributed by atoms with van der Waals surface area (Å²) in [4.78, 5) is 39.7. The van der Waals surface area contributed by atoms with Crippen molar-refractivity contribution in [3.8, 4) is 0 Å². The van der Waals surface area contributed by atoms with Crippen LogP contribution >= 0.6 is 11.8 Å². The van der Waals surface area contributed by atoms with Crippen LogP contribution in [-0.2, 0) is 9.59 Å². The van der Waals surface area contributed by atoms with Crippen LogP contribution in [0.5, 0.6) is 0 Å². The number of nitrogens with zero attached hydrogens (tertiary/aromatic N) is 2. The summed E-state index contributed by atoms with van der Waals surface area (Å²) in [6.45, 7) is 7.25. The molecular weight excluding hydrogens is 324 g/mol. The number of benzene rings is 1. The number of carbonyl (C=O) groups excluding carboxylic acids is 3. The van der Waals surface area contributed by atoms with E-state index in [1.165, 1.54) is 18.7 Å². The van der Waals surface area contributed by atoms with Gasteiger partial charge in [0.15, 0.2) is 5.12 Å². The second-order valence-corrected chi connectivity index (χ2v) is 7.07. The zero-order chi connectivity index (χ0) is 17.7. The Bertz CT molecular complexity index is 628. The molecule has 0 aliphatic carbocycles. The van der Waals surface area contributed by atoms with Crippen LogP contribution in [0, 0.1) is 5.92 Å². The lowest BCUT2D eigenvalue weighted by Gasteiger charge is -2.24. The second-order valence-electron chi connectivity index (χ2n) is 5.87. The van der Waals surface area contributed by atoms with Crippen LogP contribution in [0.25, 0.3) is 0 Å². The minimum absolute atomic E-state index is 0.0175. The van der Waals surface area contributed by atoms with Gasteiger partial charge in [-0.3, -0.25) is 14.4 Å². The van der Waals surface area contributed by atoms with Crippen molar-refractivity contribution in [2.75, 3.05) is 30.3 Å². The van der Waals surface area contributed by atoms with E-state index in [1.54, 1.807) is 15.9 Å². The van der Waals surface area contributed by atoms with E-state index < -0.39 is 0 Å². The van der Waals surface area contributed by atoms with E-state index in [-0.39, 0.29) is 22.8 Å². The van der Waals surface area contributed by atoms with E-state index in [0.717, 1.165) is 0 Å². The van der Waals surface area contributed by atoms with Gasteiger partial charge in [-0.25, -0.2) is 0 Å². The second kappa shape index (κ2) is 8.33. The molecule has 1 fully saturated rings. The van der Waals surface area contributed by atoms with Crippen LogP contribution in [0.4, 0.5) is 5.69 Å². The molecule has 2 amide bonds. The largest absolute Gasteiger partial charge is 0.339 e. The first-order valence-corrected chi connectivity index (χ1v) is 9.28. The zero-order valence-corrected chi connectivity index (χ0v) is 15.3. The van der Waals surface area contributed by atoms with Gasteiger partial charge >= 0.3 is 0 Å². The van der Waals surface area contributed by atoms with Crippen LogP contribution < -0.4 is 4.90 Å². The SMILES string of the molecule is CCN(CC)C(=O)c1ccccc1N1CC(CSC(C)=O)CC1=O.